The Kier molecular flexibility index (Phi) is 13.5. The van der Waals surface area contributed by atoms with Gasteiger partial charge in [0.05, 0.1) is 6.04 Å². The minimum Gasteiger partial charge on any atom is -0.448 e. The molecule has 0 saturated carbocycles. The smallest absolute Gasteiger partial charge is 0.407 e. The normalized spacial score (nSPS) is 16.8. The van der Waals surface area contributed by atoms with E-state index in [9.17, 15) is 19.2 Å². The van der Waals surface area contributed by atoms with Crippen molar-refractivity contribution < 1.29 is 33.5 Å². The van der Waals surface area contributed by atoms with E-state index in [1.165, 1.54) is 23.8 Å². The highest BCUT2D eigenvalue weighted by Gasteiger charge is 2.54. The number of ether oxygens (including phenoxy) is 2. The van der Waals surface area contributed by atoms with Crippen LogP contribution in [-0.2, 0) is 34.4 Å². The Morgan fingerprint density at radius 1 is 1.07 bits per heavy atom. The molecule has 298 valence electrons. The van der Waals surface area contributed by atoms with E-state index in [1.807, 2.05) is 87.5 Å². The Balaban J connectivity index is 1.26. The van der Waals surface area contributed by atoms with Crippen molar-refractivity contribution in [3.8, 4) is 0 Å². The Morgan fingerprint density at radius 3 is 2.40 bits per heavy atom. The van der Waals surface area contributed by atoms with Gasteiger partial charge in [0.25, 0.3) is 11.8 Å². The molecule has 0 radical (unpaired) electrons. The summed E-state index contributed by atoms with van der Waals surface area (Å²) in [6.45, 7) is 5.84. The van der Waals surface area contributed by atoms with Crippen molar-refractivity contribution in [2.75, 3.05) is 25.1 Å². The average Bonchev–Trinajstić information content (AvgIpc) is 3.63. The molecular weight excluding hydrogens is 789 g/mol. The lowest BCUT2D eigenvalue weighted by Gasteiger charge is -2.50. The van der Waals surface area contributed by atoms with Crippen LogP contribution in [0.2, 0.25) is 0 Å². The van der Waals surface area contributed by atoms with E-state index in [4.69, 9.17) is 20.0 Å². The second-order valence-electron chi connectivity index (χ2n) is 13.8. The van der Waals surface area contributed by atoms with Crippen LogP contribution in [0.3, 0.4) is 0 Å². The molecule has 1 fully saturated rings. The van der Waals surface area contributed by atoms with E-state index in [-0.39, 0.29) is 22.4 Å². The molecule has 0 spiro atoms. The van der Waals surface area contributed by atoms with Gasteiger partial charge in [-0.3, -0.25) is 19.5 Å². The maximum absolute atomic E-state index is 14.6. The largest absolute Gasteiger partial charge is 0.448 e. The summed E-state index contributed by atoms with van der Waals surface area (Å²) in [7, 11) is 1.28. The van der Waals surface area contributed by atoms with Crippen molar-refractivity contribution in [2.24, 2.45) is 5.16 Å². The monoisotopic (exact) mass is 830 g/mol. The number of thioether (sulfide) groups is 2. The number of aromatic nitrogens is 3. The number of pyridine rings is 1. The summed E-state index contributed by atoms with van der Waals surface area (Å²) in [5.74, 6) is -0.730. The van der Waals surface area contributed by atoms with Gasteiger partial charge in [0, 0.05) is 51.8 Å². The average molecular weight is 831 g/mol. The number of alkyl carbamates (subject to hydrolysis) is 1. The predicted octanol–water partition coefficient (Wildman–Crippen LogP) is 5.45. The number of rotatable bonds is 15. The first kappa shape index (κ1) is 41.2. The summed E-state index contributed by atoms with van der Waals surface area (Å²) in [5, 5.41) is 9.44. The third-order valence-electron chi connectivity index (χ3n) is 8.62. The zero-order chi connectivity index (χ0) is 40.5. The predicted molar refractivity (Wildman–Crippen MR) is 218 cm³/mol. The molecule has 4 aromatic rings. The molecule has 18 heteroatoms. The number of nitrogens with zero attached hydrogens (tertiary/aromatic N) is 5. The molecule has 57 heavy (non-hydrogen) atoms. The van der Waals surface area contributed by atoms with Crippen LogP contribution in [0.1, 0.15) is 62.2 Å². The Hall–Kier alpha value is -5.46. The number of amides is 3. The molecule has 2 aliphatic rings. The molecule has 15 nitrogen and oxygen atoms in total. The molecule has 1 saturated heterocycles. The number of carbonyl (C=O) groups excluding carboxylic acids is 4. The fraction of sp³-hybridized carbons (Fsp3) is 0.333. The fourth-order valence-corrected chi connectivity index (χ4v) is 8.67. The van der Waals surface area contributed by atoms with Gasteiger partial charge in [0.1, 0.15) is 24.4 Å². The van der Waals surface area contributed by atoms with Crippen LogP contribution in [0.25, 0.3) is 0 Å². The molecule has 2 atom stereocenters. The standard InChI is InChI=1S/C39H42N8O7S3/c1-39(2,3)54-38(51)42-19-20-55-22-25-21-41-18-17-27(25)56-28-16-15-26-29(43-34(48)30(45-52-4)33-44-37(40)57-46-33)35(49)47(26)31(28)36(50)53-32(23-11-7-5-8-12-23)24-13-9-6-10-14-24/h5-14,17-18,21,26,29,32H,15-16,19-20,22H2,1-4H3,(H,42,51)(H,43,48)(H2,40,44,46)/b45-30-/t26-,29+/m1/s1. The number of nitrogens with two attached hydrogens (primary N) is 1. The summed E-state index contributed by atoms with van der Waals surface area (Å²) in [4.78, 5) is 70.3. The molecule has 0 aliphatic carbocycles. The van der Waals surface area contributed by atoms with Crippen molar-refractivity contribution in [1.82, 2.24) is 29.9 Å². The van der Waals surface area contributed by atoms with E-state index >= 15 is 0 Å². The lowest BCUT2D eigenvalue weighted by Crippen LogP contribution is -2.72. The number of nitrogen functional groups attached to an aromatic ring is 1. The highest BCUT2D eigenvalue weighted by atomic mass is 32.2. The number of benzene rings is 2. The van der Waals surface area contributed by atoms with Crippen molar-refractivity contribution in [3.05, 3.63) is 112 Å². The number of anilines is 1. The highest BCUT2D eigenvalue weighted by molar-refractivity contribution is 8.03. The van der Waals surface area contributed by atoms with Gasteiger partial charge in [-0.25, -0.2) is 9.59 Å². The number of fused-ring (bicyclic) bond motifs is 1. The number of hydrogen-bond donors (Lipinski definition) is 3. The fourth-order valence-electron chi connectivity index (χ4n) is 6.16. The molecule has 4 N–H and O–H groups in total. The summed E-state index contributed by atoms with van der Waals surface area (Å²) in [5.41, 5.74) is 7.46. The maximum Gasteiger partial charge on any atom is 0.407 e. The van der Waals surface area contributed by atoms with Crippen LogP contribution < -0.4 is 16.4 Å². The number of esters is 1. The first-order valence-electron chi connectivity index (χ1n) is 18.0. The molecule has 0 unspecified atom stereocenters. The van der Waals surface area contributed by atoms with Crippen LogP contribution in [0.5, 0.6) is 0 Å². The van der Waals surface area contributed by atoms with Gasteiger partial charge in [0.2, 0.25) is 11.5 Å². The van der Waals surface area contributed by atoms with E-state index < -0.39 is 47.7 Å². The third-order valence-corrected chi connectivity index (χ3v) is 11.4. The van der Waals surface area contributed by atoms with Crippen LogP contribution in [0.15, 0.2) is 99.8 Å². The van der Waals surface area contributed by atoms with Crippen LogP contribution in [-0.4, -0.2) is 85.9 Å². The first-order chi connectivity index (χ1) is 27.4. The molecular formula is C39H42N8O7S3. The van der Waals surface area contributed by atoms with Crippen LogP contribution in [0.4, 0.5) is 9.93 Å². The Morgan fingerprint density at radius 2 is 1.77 bits per heavy atom. The lowest BCUT2D eigenvalue weighted by molar-refractivity contribution is -0.158. The minimum absolute atomic E-state index is 0.0366. The molecule has 0 bridgehead atoms. The number of carbonyl (C=O) groups is 4. The number of β-lactam (4-membered cyclic amide) rings is 1. The van der Waals surface area contributed by atoms with E-state index in [0.717, 1.165) is 33.1 Å². The van der Waals surface area contributed by atoms with Crippen LogP contribution in [0, 0.1) is 0 Å². The first-order valence-corrected chi connectivity index (χ1v) is 20.7. The second-order valence-corrected chi connectivity index (χ2v) is 16.8. The van der Waals surface area contributed by atoms with Gasteiger partial charge in [0.15, 0.2) is 11.2 Å². The van der Waals surface area contributed by atoms with Crippen molar-refractivity contribution in [3.63, 3.8) is 0 Å². The van der Waals surface area contributed by atoms with Crippen molar-refractivity contribution >= 4 is 69.8 Å². The maximum atomic E-state index is 14.6. The van der Waals surface area contributed by atoms with E-state index in [0.29, 0.717) is 35.8 Å². The van der Waals surface area contributed by atoms with E-state index in [2.05, 4.69) is 30.1 Å². The van der Waals surface area contributed by atoms with E-state index in [1.54, 1.807) is 24.2 Å². The number of nitrogens with one attached hydrogen (secondary N) is 2. The topological polar surface area (TPSA) is 200 Å². The number of allylic oxidation sites excluding steroid dienone is 1. The molecule has 2 aromatic carbocycles. The molecule has 2 aliphatic heterocycles. The number of hydrogen-bond acceptors (Lipinski definition) is 15. The molecule has 6 rings (SSSR count). The Bertz CT molecular complexity index is 2100. The summed E-state index contributed by atoms with van der Waals surface area (Å²) in [6, 6.07) is 19.1. The summed E-state index contributed by atoms with van der Waals surface area (Å²) in [6.07, 6.45) is 3.06. The van der Waals surface area contributed by atoms with Gasteiger partial charge in [-0.2, -0.15) is 21.1 Å². The third kappa shape index (κ3) is 10.3. The SMILES string of the molecule is CO/N=C(\C(=O)N[C@@H]1C(=O)N2C(C(=O)OC(c3ccccc3)c3ccccc3)=C(Sc3ccncc3CSCCNC(=O)OC(C)(C)C)CC[C@H]12)c1nsc(N)n1. The lowest BCUT2D eigenvalue weighted by atomic mass is 9.86. The van der Waals surface area contributed by atoms with Gasteiger partial charge in [-0.05, 0) is 56.4 Å². The highest BCUT2D eigenvalue weighted by Crippen LogP contribution is 2.45. The van der Waals surface area contributed by atoms with Gasteiger partial charge in [-0.15, -0.1) is 0 Å². The molecule has 4 heterocycles. The number of oxime groups is 1. The second kappa shape index (κ2) is 18.7. The van der Waals surface area contributed by atoms with Crippen molar-refractivity contribution in [2.45, 2.75) is 68.0 Å². The molecule has 2 aromatic heterocycles. The van der Waals surface area contributed by atoms with Gasteiger partial charge >= 0.3 is 12.1 Å². The van der Waals surface area contributed by atoms with Crippen molar-refractivity contribution in [1.29, 1.82) is 0 Å². The summed E-state index contributed by atoms with van der Waals surface area (Å²) < 4.78 is 15.7. The zero-order valence-corrected chi connectivity index (χ0v) is 34.1. The summed E-state index contributed by atoms with van der Waals surface area (Å²) >= 11 is 3.88. The Labute approximate surface area is 342 Å². The van der Waals surface area contributed by atoms with Gasteiger partial charge < -0.3 is 30.7 Å². The minimum atomic E-state index is -0.967. The quantitative estimate of drug-likeness (QED) is 0.0450. The molecule has 3 amide bonds. The zero-order valence-electron chi connectivity index (χ0n) is 31.7. The van der Waals surface area contributed by atoms with Gasteiger partial charge in [-0.1, -0.05) is 77.6 Å². The van der Waals surface area contributed by atoms with Crippen LogP contribution >= 0.6 is 35.1 Å².